The predicted molar refractivity (Wildman–Crippen MR) is 126 cm³/mol. The Morgan fingerprint density at radius 2 is 1.72 bits per heavy atom. The van der Waals surface area contributed by atoms with Crippen LogP contribution in [0, 0.1) is 0 Å². The number of nitrogens with zero attached hydrogens (tertiary/aromatic N) is 1. The minimum absolute atomic E-state index is 0.567. The van der Waals surface area contributed by atoms with E-state index in [0.29, 0.717) is 51.1 Å². The summed E-state index contributed by atoms with van der Waals surface area (Å²) < 4.78 is 17.1. The summed E-state index contributed by atoms with van der Waals surface area (Å²) in [6, 6.07) is 15.7. The van der Waals surface area contributed by atoms with Gasteiger partial charge in [-0.3, -0.25) is 4.90 Å². The summed E-state index contributed by atoms with van der Waals surface area (Å²) in [6.45, 7) is 9.48. The van der Waals surface area contributed by atoms with Crippen LogP contribution < -0.4 is 4.74 Å². The minimum Gasteiger partial charge on any atom is -0.497 e. The van der Waals surface area contributed by atoms with Gasteiger partial charge in [0.25, 0.3) is 0 Å². The highest BCUT2D eigenvalue weighted by Gasteiger charge is 2.31. The molecule has 32 heavy (non-hydrogen) atoms. The molecule has 3 rings (SSSR count). The van der Waals surface area contributed by atoms with Crippen LogP contribution in [0.25, 0.3) is 0 Å². The van der Waals surface area contributed by atoms with E-state index in [9.17, 15) is 5.11 Å². The Morgan fingerprint density at radius 3 is 2.38 bits per heavy atom. The van der Waals surface area contributed by atoms with Gasteiger partial charge < -0.3 is 18.7 Å². The van der Waals surface area contributed by atoms with Gasteiger partial charge in [0.05, 0.1) is 26.5 Å². The highest BCUT2D eigenvalue weighted by molar-refractivity contribution is 5.28. The minimum atomic E-state index is -1.03. The molecule has 2 heterocycles. The maximum absolute atomic E-state index is 11.3. The van der Waals surface area contributed by atoms with Crippen molar-refractivity contribution in [3.63, 3.8) is 0 Å². The molecule has 0 saturated heterocycles. The van der Waals surface area contributed by atoms with Gasteiger partial charge in [0.1, 0.15) is 28.6 Å². The Hall–Kier alpha value is -3.02. The molecule has 1 aromatic carbocycles. The van der Waals surface area contributed by atoms with Crippen LogP contribution in [0.2, 0.25) is 0 Å². The molecule has 0 aliphatic rings. The van der Waals surface area contributed by atoms with Gasteiger partial charge in [-0.2, -0.15) is 0 Å². The lowest BCUT2D eigenvalue weighted by molar-refractivity contribution is -0.00223. The van der Waals surface area contributed by atoms with Crippen molar-refractivity contribution in [2.75, 3.05) is 7.11 Å². The predicted octanol–water partition coefficient (Wildman–Crippen LogP) is 6.20. The molecule has 0 aliphatic carbocycles. The molecule has 170 valence electrons. The summed E-state index contributed by atoms with van der Waals surface area (Å²) in [4.78, 5) is 2.24. The number of aliphatic hydroxyl groups is 1. The van der Waals surface area contributed by atoms with E-state index < -0.39 is 5.60 Å². The standard InChI is InChI=1S/C27H33NO4/c1-4-6-15-27(29,16-7-5-2)26-14-13-25(32-26)21-28(20-24-12-9-17-31-24)19-22-10-8-11-23(18-22)30-3/h4-5,8-14,17-18,29H,1-2,6-7,15-16,19-21H2,3H3. The first kappa shape index (κ1) is 23.6. The van der Waals surface area contributed by atoms with E-state index in [1.54, 1.807) is 13.4 Å². The lowest BCUT2D eigenvalue weighted by Gasteiger charge is -2.25. The summed E-state index contributed by atoms with van der Waals surface area (Å²) in [5.41, 5.74) is 0.107. The molecule has 0 bridgehead atoms. The molecule has 1 N–H and O–H groups in total. The van der Waals surface area contributed by atoms with Crippen molar-refractivity contribution >= 4 is 0 Å². The fraction of sp³-hybridized carbons (Fsp3) is 0.333. The van der Waals surface area contributed by atoms with Crippen LogP contribution in [0.5, 0.6) is 5.75 Å². The summed E-state index contributed by atoms with van der Waals surface area (Å²) in [5.74, 6) is 3.10. The third-order valence-electron chi connectivity index (χ3n) is 5.52. The smallest absolute Gasteiger partial charge is 0.135 e. The molecule has 0 atom stereocenters. The largest absolute Gasteiger partial charge is 0.497 e. The van der Waals surface area contributed by atoms with Crippen LogP contribution in [0.4, 0.5) is 0 Å². The first-order valence-corrected chi connectivity index (χ1v) is 11.0. The number of rotatable bonds is 14. The molecule has 0 fully saturated rings. The molecule has 5 nitrogen and oxygen atoms in total. The molecule has 0 spiro atoms. The molecule has 5 heteroatoms. The Morgan fingerprint density at radius 1 is 0.969 bits per heavy atom. The van der Waals surface area contributed by atoms with E-state index in [4.69, 9.17) is 13.6 Å². The van der Waals surface area contributed by atoms with Crippen LogP contribution in [-0.4, -0.2) is 17.1 Å². The molecule has 0 saturated carbocycles. The summed E-state index contributed by atoms with van der Waals surface area (Å²) in [7, 11) is 1.67. The van der Waals surface area contributed by atoms with E-state index in [0.717, 1.165) is 22.8 Å². The molecule has 0 amide bonds. The number of benzene rings is 1. The summed E-state index contributed by atoms with van der Waals surface area (Å²) in [5, 5.41) is 11.3. The zero-order valence-electron chi connectivity index (χ0n) is 18.8. The second-order valence-corrected chi connectivity index (χ2v) is 8.03. The molecule has 0 unspecified atom stereocenters. The third-order valence-corrected chi connectivity index (χ3v) is 5.52. The zero-order valence-corrected chi connectivity index (χ0v) is 18.8. The summed E-state index contributed by atoms with van der Waals surface area (Å²) >= 11 is 0. The van der Waals surface area contributed by atoms with E-state index in [1.165, 1.54) is 0 Å². The van der Waals surface area contributed by atoms with Crippen molar-refractivity contribution in [1.29, 1.82) is 0 Å². The SMILES string of the molecule is C=CCCC(O)(CCC=C)c1ccc(CN(Cc2cccc(OC)c2)Cc2ccco2)o1. The Bertz CT molecular complexity index is 961. The lowest BCUT2D eigenvalue weighted by atomic mass is 9.89. The highest BCUT2D eigenvalue weighted by Crippen LogP contribution is 2.33. The number of allylic oxidation sites excluding steroid dienone is 2. The van der Waals surface area contributed by atoms with Crippen molar-refractivity contribution in [3.8, 4) is 5.75 Å². The summed E-state index contributed by atoms with van der Waals surface area (Å²) in [6.07, 6.45) is 7.88. The fourth-order valence-corrected chi connectivity index (χ4v) is 3.81. The van der Waals surface area contributed by atoms with Crippen LogP contribution in [0.1, 0.15) is 48.5 Å². The van der Waals surface area contributed by atoms with Crippen LogP contribution in [0.15, 0.2) is 88.9 Å². The number of methoxy groups -OCH3 is 1. The molecule has 3 aromatic rings. The van der Waals surface area contributed by atoms with E-state index in [2.05, 4.69) is 24.1 Å². The van der Waals surface area contributed by atoms with Gasteiger partial charge in [-0.25, -0.2) is 0 Å². The Balaban J connectivity index is 1.78. The average molecular weight is 436 g/mol. The van der Waals surface area contributed by atoms with Crippen molar-refractivity contribution in [2.45, 2.75) is 50.9 Å². The molecule has 0 aliphatic heterocycles. The van der Waals surface area contributed by atoms with Crippen LogP contribution >= 0.6 is 0 Å². The number of ether oxygens (including phenoxy) is 1. The first-order chi connectivity index (χ1) is 15.6. The van der Waals surface area contributed by atoms with Gasteiger partial charge in [0.2, 0.25) is 0 Å². The van der Waals surface area contributed by atoms with Crippen molar-refractivity contribution < 1.29 is 18.7 Å². The average Bonchev–Trinajstić information content (AvgIpc) is 3.49. The van der Waals surface area contributed by atoms with Gasteiger partial charge in [-0.15, -0.1) is 13.2 Å². The second kappa shape index (κ2) is 11.6. The van der Waals surface area contributed by atoms with Gasteiger partial charge in [0.15, 0.2) is 0 Å². The number of hydrogen-bond acceptors (Lipinski definition) is 5. The highest BCUT2D eigenvalue weighted by atomic mass is 16.5. The van der Waals surface area contributed by atoms with E-state index in [1.807, 2.05) is 54.6 Å². The fourth-order valence-electron chi connectivity index (χ4n) is 3.81. The van der Waals surface area contributed by atoms with Gasteiger partial charge in [-0.05, 0) is 67.6 Å². The zero-order chi connectivity index (χ0) is 22.8. The van der Waals surface area contributed by atoms with Crippen molar-refractivity contribution in [3.05, 3.63) is 103 Å². The number of hydrogen-bond donors (Lipinski definition) is 1. The molecule has 0 radical (unpaired) electrons. The van der Waals surface area contributed by atoms with Gasteiger partial charge in [0, 0.05) is 6.54 Å². The molecule has 2 aromatic heterocycles. The Labute approximate surface area is 190 Å². The van der Waals surface area contributed by atoms with E-state index >= 15 is 0 Å². The molecular weight excluding hydrogens is 402 g/mol. The second-order valence-electron chi connectivity index (χ2n) is 8.03. The molecular formula is C27H33NO4. The number of furan rings is 2. The lowest BCUT2D eigenvalue weighted by Crippen LogP contribution is -2.25. The topological polar surface area (TPSA) is 59.0 Å². The van der Waals surface area contributed by atoms with Crippen molar-refractivity contribution in [1.82, 2.24) is 4.90 Å². The Kier molecular flexibility index (Phi) is 8.54. The maximum atomic E-state index is 11.3. The van der Waals surface area contributed by atoms with E-state index in [-0.39, 0.29) is 0 Å². The van der Waals surface area contributed by atoms with Crippen LogP contribution in [0.3, 0.4) is 0 Å². The monoisotopic (exact) mass is 435 g/mol. The maximum Gasteiger partial charge on any atom is 0.135 e. The quantitative estimate of drug-likeness (QED) is 0.305. The third kappa shape index (κ3) is 6.49. The first-order valence-electron chi connectivity index (χ1n) is 11.0. The van der Waals surface area contributed by atoms with Crippen LogP contribution in [-0.2, 0) is 25.2 Å². The van der Waals surface area contributed by atoms with Gasteiger partial charge in [-0.1, -0.05) is 24.3 Å². The van der Waals surface area contributed by atoms with Gasteiger partial charge >= 0.3 is 0 Å². The normalized spacial score (nSPS) is 11.6. The van der Waals surface area contributed by atoms with Crippen molar-refractivity contribution in [2.24, 2.45) is 0 Å².